The monoisotopic (exact) mass is 428 g/mol. The second-order valence-electron chi connectivity index (χ2n) is 6.79. The summed E-state index contributed by atoms with van der Waals surface area (Å²) in [7, 11) is 5.23. The van der Waals surface area contributed by atoms with E-state index in [2.05, 4.69) is 16.6 Å². The lowest BCUT2D eigenvalue weighted by Crippen LogP contribution is -2.25. The third-order valence-electron chi connectivity index (χ3n) is 4.46. The fourth-order valence-corrected chi connectivity index (χ4v) is 3.33. The summed E-state index contributed by atoms with van der Waals surface area (Å²) in [6, 6.07) is 10.8. The molecule has 30 heavy (non-hydrogen) atoms. The zero-order valence-electron chi connectivity index (χ0n) is 16.9. The van der Waals surface area contributed by atoms with Crippen molar-refractivity contribution in [1.82, 2.24) is 4.57 Å². The summed E-state index contributed by atoms with van der Waals surface area (Å²) in [6.45, 7) is 3.66. The molecule has 2 aromatic carbocycles. The molecular formula is C22H22F2N4OS. The normalized spacial score (nSPS) is 10.6. The fraction of sp³-hybridized carbons (Fsp3) is 0.136. The Morgan fingerprint density at radius 3 is 2.47 bits per heavy atom. The van der Waals surface area contributed by atoms with Crippen LogP contribution >= 0.6 is 11.9 Å². The Balaban J connectivity index is 2.18. The zero-order chi connectivity index (χ0) is 21.8. The maximum Gasteiger partial charge on any atom is 0.273 e. The summed E-state index contributed by atoms with van der Waals surface area (Å²) >= 11 is 1.30. The van der Waals surface area contributed by atoms with Crippen LogP contribution in [0.25, 0.3) is 11.1 Å². The summed E-state index contributed by atoms with van der Waals surface area (Å²) in [5, 5.41) is 4.52. The van der Waals surface area contributed by atoms with Gasteiger partial charge in [0.1, 0.15) is 23.0 Å². The summed E-state index contributed by atoms with van der Waals surface area (Å²) in [5.74, 6) is -1.39. The van der Waals surface area contributed by atoms with Crippen LogP contribution in [0.2, 0.25) is 0 Å². The number of pyridine rings is 1. The van der Waals surface area contributed by atoms with Gasteiger partial charge in [-0.1, -0.05) is 12.6 Å². The van der Waals surface area contributed by atoms with Crippen LogP contribution in [0.15, 0.2) is 65.4 Å². The van der Waals surface area contributed by atoms with Crippen molar-refractivity contribution >= 4 is 34.7 Å². The molecule has 0 fully saturated rings. The number of anilines is 4. The Kier molecular flexibility index (Phi) is 6.47. The molecule has 0 bridgehead atoms. The molecule has 0 saturated heterocycles. The van der Waals surface area contributed by atoms with Crippen molar-refractivity contribution in [3.05, 3.63) is 82.6 Å². The highest BCUT2D eigenvalue weighted by atomic mass is 32.2. The lowest BCUT2D eigenvalue weighted by atomic mass is 10.0. The molecule has 0 spiro atoms. The number of nitrogens with zero attached hydrogens (tertiary/aromatic N) is 2. The minimum absolute atomic E-state index is 0.144. The first-order valence-electron chi connectivity index (χ1n) is 9.08. The summed E-state index contributed by atoms with van der Waals surface area (Å²) in [4.78, 5) is 14.2. The number of halogens is 2. The van der Waals surface area contributed by atoms with Crippen molar-refractivity contribution < 1.29 is 8.78 Å². The summed E-state index contributed by atoms with van der Waals surface area (Å²) in [5.41, 5.74) is 2.77. The largest absolute Gasteiger partial charge is 0.373 e. The van der Waals surface area contributed by atoms with Crippen LogP contribution in [0.1, 0.15) is 0 Å². The number of nitrogens with one attached hydrogen (secondary N) is 2. The van der Waals surface area contributed by atoms with Crippen LogP contribution in [0.5, 0.6) is 0 Å². The van der Waals surface area contributed by atoms with Gasteiger partial charge in [0.2, 0.25) is 0 Å². The molecule has 0 atom stereocenters. The van der Waals surface area contributed by atoms with E-state index in [9.17, 15) is 13.6 Å². The highest BCUT2D eigenvalue weighted by Crippen LogP contribution is 2.35. The van der Waals surface area contributed by atoms with E-state index in [0.717, 1.165) is 5.69 Å². The van der Waals surface area contributed by atoms with Gasteiger partial charge in [-0.05, 0) is 53.8 Å². The highest BCUT2D eigenvalue weighted by molar-refractivity contribution is 8.03. The van der Waals surface area contributed by atoms with Crippen molar-refractivity contribution in [3.63, 3.8) is 0 Å². The van der Waals surface area contributed by atoms with Gasteiger partial charge in [-0.2, -0.15) is 0 Å². The Labute approximate surface area is 178 Å². The molecular weight excluding hydrogens is 406 g/mol. The van der Waals surface area contributed by atoms with Gasteiger partial charge in [-0.15, -0.1) is 0 Å². The van der Waals surface area contributed by atoms with Crippen molar-refractivity contribution in [3.8, 4) is 11.1 Å². The molecule has 0 aliphatic rings. The van der Waals surface area contributed by atoms with Crippen LogP contribution in [0, 0.1) is 11.6 Å². The SMILES string of the molecule is C=CSNc1ccc(Nc2c(F)cccc2F)c(-c2cc(N(C)C)c(=O)n(C)c2)c1. The van der Waals surface area contributed by atoms with Crippen molar-refractivity contribution in [2.24, 2.45) is 7.05 Å². The topological polar surface area (TPSA) is 49.3 Å². The number of aromatic nitrogens is 1. The van der Waals surface area contributed by atoms with E-state index in [-0.39, 0.29) is 11.2 Å². The molecule has 0 aliphatic carbocycles. The fourth-order valence-electron chi connectivity index (χ4n) is 2.98. The van der Waals surface area contributed by atoms with Gasteiger partial charge >= 0.3 is 0 Å². The molecule has 0 aliphatic heterocycles. The average molecular weight is 429 g/mol. The number of benzene rings is 2. The predicted octanol–water partition coefficient (Wildman–Crippen LogP) is 5.34. The predicted molar refractivity (Wildman–Crippen MR) is 122 cm³/mol. The Hall–Kier alpha value is -3.26. The minimum Gasteiger partial charge on any atom is -0.373 e. The molecule has 0 radical (unpaired) electrons. The van der Waals surface area contributed by atoms with E-state index >= 15 is 0 Å². The van der Waals surface area contributed by atoms with Gasteiger partial charge in [0.25, 0.3) is 5.56 Å². The minimum atomic E-state index is -0.695. The molecule has 156 valence electrons. The Morgan fingerprint density at radius 1 is 1.13 bits per heavy atom. The number of rotatable bonds is 7. The van der Waals surface area contributed by atoms with Crippen molar-refractivity contribution in [2.75, 3.05) is 29.0 Å². The van der Waals surface area contributed by atoms with Crippen LogP contribution in [-0.4, -0.2) is 18.7 Å². The van der Waals surface area contributed by atoms with Crippen molar-refractivity contribution in [2.45, 2.75) is 0 Å². The third kappa shape index (κ3) is 4.49. The van der Waals surface area contributed by atoms with Crippen LogP contribution in [0.4, 0.5) is 31.5 Å². The van der Waals surface area contributed by atoms with Gasteiger partial charge < -0.3 is 19.5 Å². The molecule has 1 heterocycles. The lowest BCUT2D eigenvalue weighted by Gasteiger charge is -2.18. The van der Waals surface area contributed by atoms with E-state index in [1.807, 2.05) is 6.07 Å². The number of aryl methyl sites for hydroxylation is 1. The second-order valence-corrected chi connectivity index (χ2v) is 7.57. The quantitative estimate of drug-likeness (QED) is 0.497. The smallest absolute Gasteiger partial charge is 0.273 e. The lowest BCUT2D eigenvalue weighted by molar-refractivity contribution is 0.591. The van der Waals surface area contributed by atoms with Crippen molar-refractivity contribution in [1.29, 1.82) is 0 Å². The first-order valence-corrected chi connectivity index (χ1v) is 9.95. The molecule has 3 rings (SSSR count). The molecule has 2 N–H and O–H groups in total. The maximum absolute atomic E-state index is 14.2. The van der Waals surface area contributed by atoms with E-state index in [4.69, 9.17) is 0 Å². The van der Waals surface area contributed by atoms with E-state index in [1.54, 1.807) is 55.8 Å². The highest BCUT2D eigenvalue weighted by Gasteiger charge is 2.15. The number of para-hydroxylation sites is 1. The van der Waals surface area contributed by atoms with E-state index < -0.39 is 11.6 Å². The van der Waals surface area contributed by atoms with Crippen LogP contribution in [0.3, 0.4) is 0 Å². The molecule has 0 saturated carbocycles. The summed E-state index contributed by atoms with van der Waals surface area (Å²) < 4.78 is 33.1. The average Bonchev–Trinajstić information content (AvgIpc) is 2.71. The van der Waals surface area contributed by atoms with Crippen LogP contribution in [-0.2, 0) is 7.05 Å². The molecule has 5 nitrogen and oxygen atoms in total. The van der Waals surface area contributed by atoms with Gasteiger partial charge in [0, 0.05) is 49.8 Å². The second kappa shape index (κ2) is 9.04. The van der Waals surface area contributed by atoms with Gasteiger partial charge in [0.15, 0.2) is 0 Å². The van der Waals surface area contributed by atoms with Gasteiger partial charge in [-0.3, -0.25) is 4.79 Å². The van der Waals surface area contributed by atoms with E-state index in [1.165, 1.54) is 34.7 Å². The van der Waals surface area contributed by atoms with E-state index in [0.29, 0.717) is 22.5 Å². The van der Waals surface area contributed by atoms with Gasteiger partial charge in [0.05, 0.1) is 0 Å². The Bertz CT molecular complexity index is 1120. The van der Waals surface area contributed by atoms with Crippen LogP contribution < -0.4 is 20.5 Å². The molecule has 1 aromatic heterocycles. The Morgan fingerprint density at radius 2 is 1.83 bits per heavy atom. The molecule has 0 amide bonds. The molecule has 8 heteroatoms. The maximum atomic E-state index is 14.2. The standard InChI is InChI=1S/C22H22F2N4OS/c1-5-30-26-15-9-10-19(25-21-17(23)7-6-8-18(21)24)16(12-15)14-11-20(27(2)3)22(29)28(4)13-14/h5-13,25-26H,1H2,2-4H3. The molecule has 0 unspecified atom stereocenters. The van der Waals surface area contributed by atoms with Gasteiger partial charge in [-0.25, -0.2) is 8.78 Å². The number of hydrogen-bond donors (Lipinski definition) is 2. The number of hydrogen-bond acceptors (Lipinski definition) is 5. The summed E-state index contributed by atoms with van der Waals surface area (Å²) in [6.07, 6.45) is 1.69. The zero-order valence-corrected chi connectivity index (χ0v) is 17.7. The third-order valence-corrected chi connectivity index (χ3v) is 4.98. The first-order chi connectivity index (χ1) is 14.3. The first kappa shape index (κ1) is 21.4. The molecule has 3 aromatic rings.